The maximum Gasteiger partial charge on any atom is 0.254 e. The SMILES string of the molecule is C=CCc1cc(C(=O)N2CCc3[nH]ncc3C2)cc(OC)c1OC. The molecule has 126 valence electrons. The molecule has 6 nitrogen and oxygen atoms in total. The molecule has 0 saturated heterocycles. The normalized spacial score (nSPS) is 13.3. The number of H-pyrrole nitrogens is 1. The first-order chi connectivity index (χ1) is 11.7. The van der Waals surface area contributed by atoms with Crippen molar-refractivity contribution in [1.82, 2.24) is 15.1 Å². The molecule has 6 heteroatoms. The van der Waals surface area contributed by atoms with Crippen LogP contribution in [-0.4, -0.2) is 41.8 Å². The lowest BCUT2D eigenvalue weighted by atomic mass is 10.0. The summed E-state index contributed by atoms with van der Waals surface area (Å²) in [6, 6.07) is 3.59. The Balaban J connectivity index is 1.92. The largest absolute Gasteiger partial charge is 0.493 e. The molecule has 2 aromatic rings. The van der Waals surface area contributed by atoms with Gasteiger partial charge in [-0.15, -0.1) is 6.58 Å². The first kappa shape index (κ1) is 16.1. The summed E-state index contributed by atoms with van der Waals surface area (Å²) in [5, 5.41) is 7.03. The second kappa shape index (κ2) is 6.78. The minimum Gasteiger partial charge on any atom is -0.493 e. The maximum absolute atomic E-state index is 12.9. The maximum atomic E-state index is 12.9. The molecule has 0 atom stereocenters. The van der Waals surface area contributed by atoms with Gasteiger partial charge >= 0.3 is 0 Å². The summed E-state index contributed by atoms with van der Waals surface area (Å²) in [6.45, 7) is 5.00. The predicted molar refractivity (Wildman–Crippen MR) is 90.5 cm³/mol. The van der Waals surface area contributed by atoms with Crippen LogP contribution in [0.2, 0.25) is 0 Å². The zero-order valence-corrected chi connectivity index (χ0v) is 14.0. The van der Waals surface area contributed by atoms with Gasteiger partial charge in [-0.1, -0.05) is 6.08 Å². The molecule has 24 heavy (non-hydrogen) atoms. The van der Waals surface area contributed by atoms with Crippen LogP contribution in [0, 0.1) is 0 Å². The van der Waals surface area contributed by atoms with Crippen LogP contribution in [0.3, 0.4) is 0 Å². The average Bonchev–Trinajstić information content (AvgIpc) is 3.08. The standard InChI is InChI=1S/C18H21N3O3/c1-4-5-12-8-13(9-16(23-2)17(12)24-3)18(22)21-7-6-15-14(11-21)10-19-20-15/h4,8-10H,1,5-7,11H2,2-3H3,(H,19,20). The Morgan fingerprint density at radius 2 is 2.25 bits per heavy atom. The number of amides is 1. The Labute approximate surface area is 141 Å². The monoisotopic (exact) mass is 327 g/mol. The fraction of sp³-hybridized carbons (Fsp3) is 0.333. The summed E-state index contributed by atoms with van der Waals surface area (Å²) in [5.41, 5.74) is 3.66. The van der Waals surface area contributed by atoms with Crippen LogP contribution in [0.5, 0.6) is 11.5 Å². The molecule has 0 saturated carbocycles. The fourth-order valence-electron chi connectivity index (χ4n) is 3.05. The molecule has 1 amide bonds. The third-order valence-electron chi connectivity index (χ3n) is 4.25. The van der Waals surface area contributed by atoms with Crippen LogP contribution < -0.4 is 9.47 Å². The Hall–Kier alpha value is -2.76. The number of methoxy groups -OCH3 is 2. The van der Waals surface area contributed by atoms with E-state index in [1.807, 2.05) is 11.0 Å². The van der Waals surface area contributed by atoms with Gasteiger partial charge in [-0.3, -0.25) is 9.89 Å². The molecule has 1 aliphatic heterocycles. The van der Waals surface area contributed by atoms with Crippen molar-refractivity contribution in [2.24, 2.45) is 0 Å². The van der Waals surface area contributed by atoms with Gasteiger partial charge in [0.2, 0.25) is 0 Å². The molecule has 1 N–H and O–H groups in total. The Bertz CT molecular complexity index is 767. The minimum atomic E-state index is -0.0203. The summed E-state index contributed by atoms with van der Waals surface area (Å²) in [7, 11) is 3.17. The van der Waals surface area contributed by atoms with Crippen LogP contribution in [-0.2, 0) is 19.4 Å². The number of carbonyl (C=O) groups is 1. The summed E-state index contributed by atoms with van der Waals surface area (Å²) < 4.78 is 10.8. The molecule has 2 heterocycles. The third kappa shape index (κ3) is 2.87. The van der Waals surface area contributed by atoms with Crippen molar-refractivity contribution in [2.45, 2.75) is 19.4 Å². The van der Waals surface area contributed by atoms with Crippen molar-refractivity contribution in [3.63, 3.8) is 0 Å². The molecule has 0 aliphatic carbocycles. The third-order valence-corrected chi connectivity index (χ3v) is 4.25. The lowest BCUT2D eigenvalue weighted by Gasteiger charge is -2.27. The van der Waals surface area contributed by atoms with Gasteiger partial charge in [-0.05, 0) is 18.6 Å². The Morgan fingerprint density at radius 3 is 2.96 bits per heavy atom. The van der Waals surface area contributed by atoms with E-state index in [4.69, 9.17) is 9.47 Å². The number of fused-ring (bicyclic) bond motifs is 1. The number of rotatable bonds is 5. The van der Waals surface area contributed by atoms with E-state index in [2.05, 4.69) is 16.8 Å². The van der Waals surface area contributed by atoms with E-state index >= 15 is 0 Å². The van der Waals surface area contributed by atoms with Gasteiger partial charge in [-0.2, -0.15) is 5.10 Å². The van der Waals surface area contributed by atoms with Crippen molar-refractivity contribution in [1.29, 1.82) is 0 Å². The van der Waals surface area contributed by atoms with E-state index < -0.39 is 0 Å². The van der Waals surface area contributed by atoms with E-state index in [0.29, 0.717) is 36.6 Å². The smallest absolute Gasteiger partial charge is 0.254 e. The number of hydrogen-bond acceptors (Lipinski definition) is 4. The molecular formula is C18H21N3O3. The van der Waals surface area contributed by atoms with Crippen molar-refractivity contribution < 1.29 is 14.3 Å². The number of aromatic amines is 1. The predicted octanol–water partition coefficient (Wildman–Crippen LogP) is 2.35. The fourth-order valence-corrected chi connectivity index (χ4v) is 3.05. The summed E-state index contributed by atoms with van der Waals surface area (Å²) in [6.07, 6.45) is 4.96. The number of aromatic nitrogens is 2. The lowest BCUT2D eigenvalue weighted by Crippen LogP contribution is -2.35. The van der Waals surface area contributed by atoms with Crippen LogP contribution in [0.15, 0.2) is 31.0 Å². The van der Waals surface area contributed by atoms with Crippen LogP contribution in [0.4, 0.5) is 0 Å². The number of carbonyl (C=O) groups excluding carboxylic acids is 1. The summed E-state index contributed by atoms with van der Waals surface area (Å²) in [5.74, 6) is 1.18. The molecule has 1 aliphatic rings. The molecule has 1 aromatic carbocycles. The van der Waals surface area contributed by atoms with Crippen molar-refractivity contribution in [2.75, 3.05) is 20.8 Å². The van der Waals surface area contributed by atoms with Gasteiger partial charge in [0, 0.05) is 41.9 Å². The van der Waals surface area contributed by atoms with Gasteiger partial charge in [0.15, 0.2) is 11.5 Å². The number of allylic oxidation sites excluding steroid dienone is 1. The highest BCUT2D eigenvalue weighted by molar-refractivity contribution is 5.95. The first-order valence-electron chi connectivity index (χ1n) is 7.84. The molecule has 0 unspecified atom stereocenters. The van der Waals surface area contributed by atoms with Gasteiger partial charge in [0.05, 0.1) is 20.4 Å². The molecule has 0 fully saturated rings. The topological polar surface area (TPSA) is 67.5 Å². The molecule has 1 aromatic heterocycles. The second-order valence-corrected chi connectivity index (χ2v) is 5.71. The highest BCUT2D eigenvalue weighted by Crippen LogP contribution is 2.34. The van der Waals surface area contributed by atoms with Gasteiger partial charge in [0.1, 0.15) is 0 Å². The van der Waals surface area contributed by atoms with Gasteiger partial charge in [-0.25, -0.2) is 0 Å². The highest BCUT2D eigenvalue weighted by atomic mass is 16.5. The van der Waals surface area contributed by atoms with Crippen LogP contribution >= 0.6 is 0 Å². The minimum absolute atomic E-state index is 0.0203. The van der Waals surface area contributed by atoms with Gasteiger partial charge in [0.25, 0.3) is 5.91 Å². The zero-order valence-electron chi connectivity index (χ0n) is 14.0. The molecule has 0 spiro atoms. The second-order valence-electron chi connectivity index (χ2n) is 5.71. The average molecular weight is 327 g/mol. The number of ether oxygens (including phenoxy) is 2. The van der Waals surface area contributed by atoms with E-state index in [0.717, 1.165) is 23.2 Å². The molecule has 0 radical (unpaired) electrons. The summed E-state index contributed by atoms with van der Waals surface area (Å²) in [4.78, 5) is 14.8. The zero-order chi connectivity index (χ0) is 17.1. The van der Waals surface area contributed by atoms with E-state index in [9.17, 15) is 4.79 Å². The molecule has 3 rings (SSSR count). The number of benzene rings is 1. The quantitative estimate of drug-likeness (QED) is 0.856. The Kier molecular flexibility index (Phi) is 4.55. The van der Waals surface area contributed by atoms with Gasteiger partial charge < -0.3 is 14.4 Å². The Morgan fingerprint density at radius 1 is 1.42 bits per heavy atom. The van der Waals surface area contributed by atoms with Crippen LogP contribution in [0.1, 0.15) is 27.2 Å². The highest BCUT2D eigenvalue weighted by Gasteiger charge is 2.24. The number of nitrogens with one attached hydrogen (secondary N) is 1. The lowest BCUT2D eigenvalue weighted by molar-refractivity contribution is 0.0733. The van der Waals surface area contributed by atoms with Crippen molar-refractivity contribution in [3.8, 4) is 11.5 Å². The first-order valence-corrected chi connectivity index (χ1v) is 7.84. The molecular weight excluding hydrogens is 306 g/mol. The van der Waals surface area contributed by atoms with E-state index in [1.165, 1.54) is 0 Å². The van der Waals surface area contributed by atoms with E-state index in [1.54, 1.807) is 32.6 Å². The number of nitrogens with zero attached hydrogens (tertiary/aromatic N) is 2. The van der Waals surface area contributed by atoms with Crippen LogP contribution in [0.25, 0.3) is 0 Å². The summed E-state index contributed by atoms with van der Waals surface area (Å²) >= 11 is 0. The van der Waals surface area contributed by atoms with E-state index in [-0.39, 0.29) is 5.91 Å². The molecule has 0 bridgehead atoms. The van der Waals surface area contributed by atoms with Crippen molar-refractivity contribution in [3.05, 3.63) is 53.4 Å². The van der Waals surface area contributed by atoms with Crippen molar-refractivity contribution >= 4 is 5.91 Å². The number of hydrogen-bond donors (Lipinski definition) is 1.